The number of carbonyl (C=O) groups is 1. The summed E-state index contributed by atoms with van der Waals surface area (Å²) in [7, 11) is 3.20. The van der Waals surface area contributed by atoms with Crippen LogP contribution < -0.4 is 14.8 Å². The number of nitrogens with zero attached hydrogens (tertiary/aromatic N) is 3. The topological polar surface area (TPSA) is 76.6 Å². The van der Waals surface area contributed by atoms with Crippen molar-refractivity contribution in [3.63, 3.8) is 0 Å². The molecule has 46 heavy (non-hydrogen) atoms. The van der Waals surface area contributed by atoms with Gasteiger partial charge in [-0.05, 0) is 78.1 Å². The van der Waals surface area contributed by atoms with Crippen molar-refractivity contribution < 1.29 is 31.8 Å². The van der Waals surface area contributed by atoms with E-state index >= 15 is 0 Å². The summed E-state index contributed by atoms with van der Waals surface area (Å²) in [5, 5.41) is 4.20. The highest BCUT2D eigenvalue weighted by atomic mass is 19.4. The number of alkyl halides is 3. The molecule has 0 unspecified atom stereocenters. The molecule has 1 fully saturated rings. The first-order valence-electron chi connectivity index (χ1n) is 14.6. The molecule has 1 aliphatic carbocycles. The average Bonchev–Trinajstić information content (AvgIpc) is 3.91. The number of ether oxygens (including phenoxy) is 2. The number of carbonyl (C=O) groups excluding carboxylic acids is 1. The molecule has 1 N–H and O–H groups in total. The molecule has 11 heteroatoms. The first-order valence-corrected chi connectivity index (χ1v) is 14.6. The van der Waals surface area contributed by atoms with Crippen molar-refractivity contribution in [1.82, 2.24) is 14.9 Å². The maximum Gasteiger partial charge on any atom is 0.416 e. The third kappa shape index (κ3) is 6.58. The van der Waals surface area contributed by atoms with Gasteiger partial charge in [0.05, 0.1) is 30.9 Å². The molecule has 5 aromatic rings. The van der Waals surface area contributed by atoms with Gasteiger partial charge in [0.15, 0.2) is 0 Å². The molecule has 0 aliphatic heterocycles. The lowest BCUT2D eigenvalue weighted by atomic mass is 10.0. The molecule has 7 nitrogen and oxygen atoms in total. The molecule has 1 aliphatic rings. The van der Waals surface area contributed by atoms with Gasteiger partial charge in [0, 0.05) is 36.1 Å². The van der Waals surface area contributed by atoms with Crippen LogP contribution in [0, 0.1) is 5.82 Å². The number of anilines is 1. The summed E-state index contributed by atoms with van der Waals surface area (Å²) in [6.45, 7) is 0.633. The number of methoxy groups -OCH3 is 2. The molecule has 1 heterocycles. The molecule has 236 valence electrons. The van der Waals surface area contributed by atoms with Crippen LogP contribution in [0.25, 0.3) is 22.0 Å². The summed E-state index contributed by atoms with van der Waals surface area (Å²) >= 11 is 0. The van der Waals surface area contributed by atoms with Crippen molar-refractivity contribution in [2.45, 2.75) is 38.1 Å². The quantitative estimate of drug-likeness (QED) is 0.158. The Hall–Kier alpha value is -5.19. The van der Waals surface area contributed by atoms with Gasteiger partial charge < -0.3 is 19.7 Å². The van der Waals surface area contributed by atoms with Gasteiger partial charge in [-0.1, -0.05) is 24.3 Å². The number of fused-ring (bicyclic) bond motifs is 1. The minimum absolute atomic E-state index is 0.103. The lowest BCUT2D eigenvalue weighted by Gasteiger charge is -2.23. The van der Waals surface area contributed by atoms with E-state index in [9.17, 15) is 22.4 Å². The van der Waals surface area contributed by atoms with Gasteiger partial charge in [-0.3, -0.25) is 4.79 Å². The number of halogens is 4. The van der Waals surface area contributed by atoms with Crippen LogP contribution in [-0.4, -0.2) is 41.0 Å². The van der Waals surface area contributed by atoms with Crippen LogP contribution in [0.2, 0.25) is 0 Å². The highest BCUT2D eigenvalue weighted by molar-refractivity contribution is 5.95. The zero-order chi connectivity index (χ0) is 32.4. The molecular weight excluding hydrogens is 600 g/mol. The van der Waals surface area contributed by atoms with Gasteiger partial charge in [-0.2, -0.15) is 13.2 Å². The van der Waals surface area contributed by atoms with E-state index < -0.39 is 23.5 Å². The maximum atomic E-state index is 14.7. The normalized spacial score (nSPS) is 13.0. The summed E-state index contributed by atoms with van der Waals surface area (Å²) in [5.74, 6) is 0.197. The highest BCUT2D eigenvalue weighted by Crippen LogP contribution is 2.34. The first kappa shape index (κ1) is 30.8. The third-order valence-corrected chi connectivity index (χ3v) is 7.96. The number of aromatic nitrogens is 2. The number of amides is 1. The van der Waals surface area contributed by atoms with Crippen LogP contribution in [0.4, 0.5) is 23.4 Å². The van der Waals surface area contributed by atoms with Crippen LogP contribution in [0.15, 0.2) is 85.2 Å². The molecule has 0 atom stereocenters. The van der Waals surface area contributed by atoms with E-state index in [4.69, 9.17) is 9.47 Å². The van der Waals surface area contributed by atoms with Crippen molar-refractivity contribution >= 4 is 22.6 Å². The third-order valence-electron chi connectivity index (χ3n) is 7.96. The Morgan fingerprint density at radius 1 is 0.935 bits per heavy atom. The molecule has 1 aromatic heterocycles. The number of hydrogen-bond acceptors (Lipinski definition) is 6. The van der Waals surface area contributed by atoms with E-state index in [2.05, 4.69) is 15.3 Å². The van der Waals surface area contributed by atoms with E-state index in [1.165, 1.54) is 11.2 Å². The number of rotatable bonds is 10. The average molecular weight is 631 g/mol. The minimum Gasteiger partial charge on any atom is -0.497 e. The van der Waals surface area contributed by atoms with E-state index in [0.29, 0.717) is 29.9 Å². The Morgan fingerprint density at radius 3 is 2.46 bits per heavy atom. The maximum absolute atomic E-state index is 14.7. The van der Waals surface area contributed by atoms with Gasteiger partial charge in [0.1, 0.15) is 29.5 Å². The van der Waals surface area contributed by atoms with Crippen molar-refractivity contribution in [3.8, 4) is 22.6 Å². The lowest BCUT2D eigenvalue weighted by Crippen LogP contribution is -2.33. The van der Waals surface area contributed by atoms with Gasteiger partial charge in [0.2, 0.25) is 0 Å². The van der Waals surface area contributed by atoms with E-state index in [-0.39, 0.29) is 18.2 Å². The van der Waals surface area contributed by atoms with Gasteiger partial charge in [0.25, 0.3) is 5.91 Å². The number of benzene rings is 4. The van der Waals surface area contributed by atoms with Gasteiger partial charge in [-0.15, -0.1) is 0 Å². The molecule has 0 saturated heterocycles. The van der Waals surface area contributed by atoms with Crippen LogP contribution in [0.1, 0.15) is 39.9 Å². The van der Waals surface area contributed by atoms with Crippen molar-refractivity contribution in [2.75, 3.05) is 19.5 Å². The molecule has 0 spiro atoms. The molecule has 6 rings (SSSR count). The second-order valence-electron chi connectivity index (χ2n) is 11.0. The Morgan fingerprint density at radius 2 is 1.74 bits per heavy atom. The summed E-state index contributed by atoms with van der Waals surface area (Å²) in [6, 6.07) is 21.0. The second-order valence-corrected chi connectivity index (χ2v) is 11.0. The van der Waals surface area contributed by atoms with Gasteiger partial charge in [-0.25, -0.2) is 14.4 Å². The number of nitrogens with one attached hydrogen (secondary N) is 1. The smallest absolute Gasteiger partial charge is 0.416 e. The zero-order valence-electron chi connectivity index (χ0n) is 25.1. The highest BCUT2D eigenvalue weighted by Gasteiger charge is 2.36. The fourth-order valence-corrected chi connectivity index (χ4v) is 5.37. The Bertz CT molecular complexity index is 1910. The van der Waals surface area contributed by atoms with Crippen LogP contribution in [0.3, 0.4) is 0 Å². The first-order chi connectivity index (χ1) is 22.1. The van der Waals surface area contributed by atoms with Crippen LogP contribution in [-0.2, 0) is 19.3 Å². The summed E-state index contributed by atoms with van der Waals surface area (Å²) in [4.78, 5) is 23.8. The van der Waals surface area contributed by atoms with Crippen molar-refractivity contribution in [1.29, 1.82) is 0 Å². The predicted molar refractivity (Wildman–Crippen MR) is 166 cm³/mol. The lowest BCUT2D eigenvalue weighted by molar-refractivity contribution is -0.137. The van der Waals surface area contributed by atoms with Crippen LogP contribution >= 0.6 is 0 Å². The summed E-state index contributed by atoms with van der Waals surface area (Å²) in [5.41, 5.74) is 2.75. The molecule has 0 bridgehead atoms. The number of hydrogen-bond donors (Lipinski definition) is 1. The van der Waals surface area contributed by atoms with Crippen molar-refractivity contribution in [2.24, 2.45) is 0 Å². The second kappa shape index (κ2) is 12.7. The van der Waals surface area contributed by atoms with E-state index in [1.807, 2.05) is 60.7 Å². The summed E-state index contributed by atoms with van der Waals surface area (Å²) in [6.07, 6.45) is -1.71. The largest absolute Gasteiger partial charge is 0.497 e. The SMILES string of the molecule is COc1ccc(CNc2ncnc3ccc(-c4cccc(CN(C(=O)c5ccc(C(F)(F)F)cc5F)C5CC5)c4)cc23)c(OC)c1. The molecule has 0 radical (unpaired) electrons. The summed E-state index contributed by atoms with van der Waals surface area (Å²) < 4.78 is 64.7. The molecule has 1 amide bonds. The minimum atomic E-state index is -4.70. The monoisotopic (exact) mass is 630 g/mol. The van der Waals surface area contributed by atoms with Crippen LogP contribution in [0.5, 0.6) is 11.5 Å². The fraction of sp³-hybridized carbons (Fsp3) is 0.229. The molecular formula is C35H30F4N4O3. The fourth-order valence-electron chi connectivity index (χ4n) is 5.37. The molecule has 1 saturated carbocycles. The Balaban J connectivity index is 1.24. The van der Waals surface area contributed by atoms with Crippen molar-refractivity contribution in [3.05, 3.63) is 113 Å². The van der Waals surface area contributed by atoms with Gasteiger partial charge >= 0.3 is 6.18 Å². The van der Waals surface area contributed by atoms with E-state index in [1.54, 1.807) is 14.2 Å². The zero-order valence-corrected chi connectivity index (χ0v) is 25.1. The Kier molecular flexibility index (Phi) is 8.48. The standard InChI is InChI=1S/C35H30F4N4O3/c1-45-27-11-6-24(32(17-27)46-2)18-40-33-29-15-23(7-13-31(29)41-20-42-33)22-5-3-4-21(14-22)19-43(26-9-10-26)34(44)28-12-8-25(16-30(28)36)35(37,38)39/h3-8,11-17,20,26H,9-10,18-19H2,1-2H3,(H,40,41,42). The predicted octanol–water partition coefficient (Wildman–Crippen LogP) is 7.89. The van der Waals surface area contributed by atoms with E-state index in [0.717, 1.165) is 58.1 Å². The Labute approximate surface area is 262 Å². The molecule has 4 aromatic carbocycles.